The van der Waals surface area contributed by atoms with Gasteiger partial charge in [-0.25, -0.2) is 0 Å². The summed E-state index contributed by atoms with van der Waals surface area (Å²) in [6.07, 6.45) is -0.569. The topological polar surface area (TPSA) is 119 Å². The lowest BCUT2D eigenvalue weighted by Gasteiger charge is -2.33. The molecule has 1 saturated carbocycles. The summed E-state index contributed by atoms with van der Waals surface area (Å²) >= 11 is 1.48. The van der Waals surface area contributed by atoms with Crippen LogP contribution in [0.2, 0.25) is 0 Å². The van der Waals surface area contributed by atoms with E-state index in [1.54, 1.807) is 19.1 Å². The Kier molecular flexibility index (Phi) is 8.61. The van der Waals surface area contributed by atoms with E-state index in [1.807, 2.05) is 62.4 Å². The third-order valence-corrected chi connectivity index (χ3v) is 9.60. The fraction of sp³-hybridized carbons (Fsp3) is 0.364. The Morgan fingerprint density at radius 2 is 1.67 bits per heavy atom. The first-order chi connectivity index (χ1) is 20.1. The quantitative estimate of drug-likeness (QED) is 0.303. The molecular formula is C33H37N3O5S. The zero-order valence-corrected chi connectivity index (χ0v) is 24.8. The van der Waals surface area contributed by atoms with Crippen LogP contribution in [0.5, 0.6) is 5.75 Å². The molecule has 2 aliphatic rings. The first-order valence-electron chi connectivity index (χ1n) is 14.2. The minimum absolute atomic E-state index is 0.00109. The highest BCUT2D eigenvalue weighted by Gasteiger charge is 2.51. The molecule has 8 nitrogen and oxygen atoms in total. The largest absolute Gasteiger partial charge is 0.508 e. The summed E-state index contributed by atoms with van der Waals surface area (Å²) in [5.74, 6) is -0.902. The van der Waals surface area contributed by atoms with Gasteiger partial charge in [-0.3, -0.25) is 14.4 Å². The summed E-state index contributed by atoms with van der Waals surface area (Å²) < 4.78 is -0.576. The van der Waals surface area contributed by atoms with Gasteiger partial charge in [-0.05, 0) is 56.9 Å². The molecule has 4 N–H and O–H groups in total. The van der Waals surface area contributed by atoms with E-state index in [9.17, 15) is 24.6 Å². The molecule has 1 saturated heterocycles. The van der Waals surface area contributed by atoms with Gasteiger partial charge in [-0.15, -0.1) is 11.8 Å². The van der Waals surface area contributed by atoms with Gasteiger partial charge in [0.15, 0.2) is 6.10 Å². The Morgan fingerprint density at radius 1 is 1.00 bits per heavy atom. The number of aliphatic hydroxyl groups is 1. The number of nitrogens with zero attached hydrogens (tertiary/aromatic N) is 1. The zero-order valence-electron chi connectivity index (χ0n) is 24.0. The molecule has 220 valence electrons. The Hall–Kier alpha value is -3.82. The Balaban J connectivity index is 1.34. The second-order valence-electron chi connectivity index (χ2n) is 11.6. The van der Waals surface area contributed by atoms with Gasteiger partial charge in [-0.2, -0.15) is 0 Å². The highest BCUT2D eigenvalue weighted by molar-refractivity contribution is 8.00. The van der Waals surface area contributed by atoms with Crippen LogP contribution in [-0.4, -0.2) is 67.7 Å². The van der Waals surface area contributed by atoms with Crippen molar-refractivity contribution >= 4 is 29.5 Å². The van der Waals surface area contributed by atoms with E-state index >= 15 is 0 Å². The second kappa shape index (κ2) is 12.2. The predicted molar refractivity (Wildman–Crippen MR) is 163 cm³/mol. The number of aliphatic hydroxyl groups excluding tert-OH is 1. The summed E-state index contributed by atoms with van der Waals surface area (Å²) in [7, 11) is 0. The van der Waals surface area contributed by atoms with Gasteiger partial charge in [-0.1, -0.05) is 66.7 Å². The smallest absolute Gasteiger partial charge is 0.254 e. The van der Waals surface area contributed by atoms with E-state index in [-0.39, 0.29) is 41.5 Å². The molecule has 0 bridgehead atoms. The van der Waals surface area contributed by atoms with Crippen molar-refractivity contribution in [3.05, 3.63) is 101 Å². The van der Waals surface area contributed by atoms with Crippen molar-refractivity contribution in [1.82, 2.24) is 15.5 Å². The summed E-state index contributed by atoms with van der Waals surface area (Å²) in [6, 6.07) is 22.2. The number of nitrogens with one attached hydrogen (secondary N) is 2. The van der Waals surface area contributed by atoms with Gasteiger partial charge < -0.3 is 25.7 Å². The lowest BCUT2D eigenvalue weighted by atomic mass is 9.96. The van der Waals surface area contributed by atoms with E-state index < -0.39 is 34.7 Å². The van der Waals surface area contributed by atoms with Gasteiger partial charge >= 0.3 is 0 Å². The molecule has 9 heteroatoms. The van der Waals surface area contributed by atoms with Crippen molar-refractivity contribution in [3.8, 4) is 5.75 Å². The number of hydrogen-bond acceptors (Lipinski definition) is 6. The molecule has 0 spiro atoms. The van der Waals surface area contributed by atoms with Crippen molar-refractivity contribution in [1.29, 1.82) is 0 Å². The number of hydrogen-bond donors (Lipinski definition) is 4. The molecule has 3 amide bonds. The second-order valence-corrected chi connectivity index (χ2v) is 13.2. The Labute approximate surface area is 250 Å². The Bertz CT molecular complexity index is 1450. The lowest BCUT2D eigenvalue weighted by Crippen LogP contribution is -2.59. The minimum Gasteiger partial charge on any atom is -0.508 e. The fourth-order valence-electron chi connectivity index (χ4n) is 5.66. The van der Waals surface area contributed by atoms with E-state index in [0.717, 1.165) is 12.0 Å². The van der Waals surface area contributed by atoms with Crippen LogP contribution >= 0.6 is 11.8 Å². The van der Waals surface area contributed by atoms with Crippen molar-refractivity contribution in [2.45, 2.75) is 68.5 Å². The third kappa shape index (κ3) is 6.32. The van der Waals surface area contributed by atoms with Crippen LogP contribution in [-0.2, 0) is 16.0 Å². The van der Waals surface area contributed by atoms with Gasteiger partial charge in [0.2, 0.25) is 5.91 Å². The normalized spacial score (nSPS) is 22.2. The molecular weight excluding hydrogens is 550 g/mol. The van der Waals surface area contributed by atoms with Crippen molar-refractivity contribution < 1.29 is 24.6 Å². The van der Waals surface area contributed by atoms with E-state index in [4.69, 9.17) is 0 Å². The number of benzene rings is 3. The summed E-state index contributed by atoms with van der Waals surface area (Å²) in [5.41, 5.74) is 2.65. The van der Waals surface area contributed by atoms with Crippen LogP contribution in [0.15, 0.2) is 78.9 Å². The molecule has 1 aliphatic carbocycles. The maximum atomic E-state index is 13.9. The summed E-state index contributed by atoms with van der Waals surface area (Å²) in [6.45, 7) is 5.49. The summed E-state index contributed by atoms with van der Waals surface area (Å²) in [4.78, 5) is 42.3. The summed E-state index contributed by atoms with van der Waals surface area (Å²) in [5, 5.41) is 27.6. The monoisotopic (exact) mass is 587 g/mol. The van der Waals surface area contributed by atoms with Crippen LogP contribution in [0, 0.1) is 6.92 Å². The Morgan fingerprint density at radius 3 is 2.36 bits per heavy atom. The standard InChI is InChI=1S/C33H37N3O5S/c1-20-23(15-10-16-27(20)37)30(39)35-26(17-21-11-6-4-7-12-21)28(38)32(41)36-19-42-33(2,3)29(36)31(40)34-25-18-24(25)22-13-8-5-9-14-22/h4-16,24-26,28-29,37-38H,17-19H2,1-3H3,(H,34,40)(H,35,39)/t24?,25-,26-,28-,29+/m0/s1. The van der Waals surface area contributed by atoms with E-state index in [0.29, 0.717) is 5.56 Å². The number of thioether (sulfide) groups is 1. The molecule has 3 aromatic rings. The molecule has 5 rings (SSSR count). The molecule has 1 heterocycles. The number of carbonyl (C=O) groups is 3. The van der Waals surface area contributed by atoms with E-state index in [1.165, 1.54) is 28.3 Å². The van der Waals surface area contributed by atoms with Crippen molar-refractivity contribution in [3.63, 3.8) is 0 Å². The van der Waals surface area contributed by atoms with Crippen LogP contribution in [0.4, 0.5) is 0 Å². The van der Waals surface area contributed by atoms with Gasteiger partial charge in [0.1, 0.15) is 11.8 Å². The van der Waals surface area contributed by atoms with Crippen LogP contribution in [0.25, 0.3) is 0 Å². The highest BCUT2D eigenvalue weighted by atomic mass is 32.2. The lowest BCUT2D eigenvalue weighted by molar-refractivity contribution is -0.147. The van der Waals surface area contributed by atoms with Crippen molar-refractivity contribution in [2.24, 2.45) is 0 Å². The van der Waals surface area contributed by atoms with Gasteiger partial charge in [0, 0.05) is 27.8 Å². The molecule has 0 aromatic heterocycles. The average molecular weight is 588 g/mol. The van der Waals surface area contributed by atoms with Crippen LogP contribution < -0.4 is 10.6 Å². The highest BCUT2D eigenvalue weighted by Crippen LogP contribution is 2.43. The number of rotatable bonds is 9. The predicted octanol–water partition coefficient (Wildman–Crippen LogP) is 3.76. The number of aromatic hydroxyl groups is 1. The molecule has 1 aliphatic heterocycles. The molecule has 3 aromatic carbocycles. The van der Waals surface area contributed by atoms with Gasteiger partial charge in [0.25, 0.3) is 11.8 Å². The number of amides is 3. The van der Waals surface area contributed by atoms with Crippen LogP contribution in [0.1, 0.15) is 53.2 Å². The molecule has 0 radical (unpaired) electrons. The van der Waals surface area contributed by atoms with Gasteiger partial charge in [0.05, 0.1) is 11.9 Å². The molecule has 1 unspecified atom stereocenters. The third-order valence-electron chi connectivity index (χ3n) is 8.22. The van der Waals surface area contributed by atoms with Crippen LogP contribution in [0.3, 0.4) is 0 Å². The number of phenolic OH excluding ortho intramolecular Hbond substituents is 1. The van der Waals surface area contributed by atoms with Crippen molar-refractivity contribution in [2.75, 3.05) is 5.88 Å². The average Bonchev–Trinajstić information content (AvgIpc) is 3.67. The maximum Gasteiger partial charge on any atom is 0.254 e. The van der Waals surface area contributed by atoms with E-state index in [2.05, 4.69) is 22.8 Å². The minimum atomic E-state index is -1.60. The molecule has 42 heavy (non-hydrogen) atoms. The first-order valence-corrected chi connectivity index (χ1v) is 15.2. The SMILES string of the molecule is Cc1c(O)cccc1C(=O)N[C@@H](Cc1ccccc1)[C@H](O)C(=O)N1CSC(C)(C)[C@H]1C(=O)N[C@H]1CC1c1ccccc1. The molecule has 2 fully saturated rings. The maximum absolute atomic E-state index is 13.9. The number of phenols is 1. The zero-order chi connectivity index (χ0) is 30.0. The first kappa shape index (κ1) is 29.7. The molecule has 5 atom stereocenters. The fourth-order valence-corrected chi connectivity index (χ4v) is 6.81. The number of carbonyl (C=O) groups excluding carboxylic acids is 3.